The molecule has 2 aliphatic heterocycles. The van der Waals surface area contributed by atoms with Gasteiger partial charge in [-0.2, -0.15) is 0 Å². The van der Waals surface area contributed by atoms with Crippen molar-refractivity contribution in [3.05, 3.63) is 23.9 Å². The van der Waals surface area contributed by atoms with E-state index in [4.69, 9.17) is 14.5 Å². The van der Waals surface area contributed by atoms with E-state index in [9.17, 15) is 8.42 Å². The van der Waals surface area contributed by atoms with Gasteiger partial charge in [-0.1, -0.05) is 25.2 Å². The first-order valence-electron chi connectivity index (χ1n) is 12.8. The zero-order chi connectivity index (χ0) is 26.1. The SMILES string of the molecule is COc1ccc(-c2sc(NC(C)(C)C3CCOCC3)nc2C)cc1S(=O)(=O)NC1C(C)CNCC1C. The van der Waals surface area contributed by atoms with E-state index >= 15 is 0 Å². The number of ether oxygens (including phenoxy) is 2. The van der Waals surface area contributed by atoms with Gasteiger partial charge >= 0.3 is 0 Å². The quantitative estimate of drug-likeness (QED) is 0.463. The molecule has 0 bridgehead atoms. The zero-order valence-electron chi connectivity index (χ0n) is 22.2. The highest BCUT2D eigenvalue weighted by molar-refractivity contribution is 7.89. The topological polar surface area (TPSA) is 102 Å². The largest absolute Gasteiger partial charge is 0.495 e. The van der Waals surface area contributed by atoms with Crippen LogP contribution in [-0.2, 0) is 14.8 Å². The summed E-state index contributed by atoms with van der Waals surface area (Å²) in [4.78, 5) is 5.89. The van der Waals surface area contributed by atoms with Gasteiger partial charge in [-0.3, -0.25) is 0 Å². The number of nitrogens with one attached hydrogen (secondary N) is 3. The van der Waals surface area contributed by atoms with Crippen molar-refractivity contribution in [2.24, 2.45) is 17.8 Å². The lowest BCUT2D eigenvalue weighted by Gasteiger charge is -2.37. The average Bonchev–Trinajstić information content (AvgIpc) is 3.20. The maximum Gasteiger partial charge on any atom is 0.244 e. The zero-order valence-corrected chi connectivity index (χ0v) is 23.8. The predicted molar refractivity (Wildman–Crippen MR) is 145 cm³/mol. The lowest BCUT2D eigenvalue weighted by atomic mass is 9.82. The summed E-state index contributed by atoms with van der Waals surface area (Å²) in [5.74, 6) is 1.22. The Morgan fingerprint density at radius 2 is 1.83 bits per heavy atom. The number of thiazole rings is 1. The third kappa shape index (κ3) is 5.88. The molecule has 1 aromatic carbocycles. The molecule has 1 aromatic heterocycles. The number of anilines is 1. The maximum absolute atomic E-state index is 13.6. The van der Waals surface area contributed by atoms with Gasteiger partial charge in [-0.05, 0) is 88.2 Å². The molecule has 2 atom stereocenters. The highest BCUT2D eigenvalue weighted by Crippen LogP contribution is 2.39. The summed E-state index contributed by atoms with van der Waals surface area (Å²) < 4.78 is 41.1. The van der Waals surface area contributed by atoms with Gasteiger partial charge < -0.3 is 20.1 Å². The Kier molecular flexibility index (Phi) is 8.31. The number of aryl methyl sites for hydroxylation is 1. The maximum atomic E-state index is 13.6. The second kappa shape index (κ2) is 10.9. The first-order valence-corrected chi connectivity index (χ1v) is 15.1. The predicted octanol–water partition coefficient (Wildman–Crippen LogP) is 4.27. The third-order valence-electron chi connectivity index (χ3n) is 7.63. The van der Waals surface area contributed by atoms with E-state index in [1.54, 1.807) is 23.5 Å². The van der Waals surface area contributed by atoms with Crippen LogP contribution in [0.2, 0.25) is 0 Å². The summed E-state index contributed by atoms with van der Waals surface area (Å²) in [6.07, 6.45) is 2.05. The fraction of sp³-hybridized carbons (Fsp3) is 0.654. The summed E-state index contributed by atoms with van der Waals surface area (Å²) in [5, 5.41) is 7.84. The number of hydrogen-bond donors (Lipinski definition) is 3. The van der Waals surface area contributed by atoms with Crippen molar-refractivity contribution in [3.8, 4) is 16.2 Å². The molecule has 200 valence electrons. The number of rotatable bonds is 8. The molecule has 3 N–H and O–H groups in total. The summed E-state index contributed by atoms with van der Waals surface area (Å²) >= 11 is 1.55. The molecule has 0 saturated carbocycles. The van der Waals surface area contributed by atoms with Crippen molar-refractivity contribution in [1.82, 2.24) is 15.0 Å². The molecular weight excluding hydrogens is 496 g/mol. The molecule has 0 spiro atoms. The van der Waals surface area contributed by atoms with Crippen molar-refractivity contribution in [2.75, 3.05) is 38.7 Å². The van der Waals surface area contributed by atoms with Crippen molar-refractivity contribution in [3.63, 3.8) is 0 Å². The smallest absolute Gasteiger partial charge is 0.244 e. The van der Waals surface area contributed by atoms with Gasteiger partial charge in [0.25, 0.3) is 0 Å². The van der Waals surface area contributed by atoms with Gasteiger partial charge in [0.15, 0.2) is 5.13 Å². The Balaban J connectivity index is 1.61. The first-order chi connectivity index (χ1) is 17.0. The lowest BCUT2D eigenvalue weighted by molar-refractivity contribution is 0.0491. The highest BCUT2D eigenvalue weighted by Gasteiger charge is 2.34. The number of nitrogens with zero attached hydrogens (tertiary/aromatic N) is 1. The van der Waals surface area contributed by atoms with Crippen molar-refractivity contribution >= 4 is 26.5 Å². The molecule has 2 fully saturated rings. The number of aromatic nitrogens is 1. The lowest BCUT2D eigenvalue weighted by Crippen LogP contribution is -2.53. The van der Waals surface area contributed by atoms with E-state index < -0.39 is 10.0 Å². The van der Waals surface area contributed by atoms with Gasteiger partial charge in [0, 0.05) is 24.8 Å². The van der Waals surface area contributed by atoms with E-state index in [0.29, 0.717) is 11.7 Å². The molecule has 2 unspecified atom stereocenters. The first kappa shape index (κ1) is 27.3. The van der Waals surface area contributed by atoms with Gasteiger partial charge in [-0.15, -0.1) is 0 Å². The molecular formula is C26H40N4O4S2. The van der Waals surface area contributed by atoms with Crippen LogP contribution in [0.4, 0.5) is 5.13 Å². The van der Waals surface area contributed by atoms with E-state index in [1.165, 1.54) is 7.11 Å². The molecule has 2 saturated heterocycles. The summed E-state index contributed by atoms with van der Waals surface area (Å²) in [6, 6.07) is 5.21. The summed E-state index contributed by atoms with van der Waals surface area (Å²) in [7, 11) is -2.29. The molecule has 0 amide bonds. The average molecular weight is 537 g/mol. The van der Waals surface area contributed by atoms with Crippen LogP contribution in [0.3, 0.4) is 0 Å². The molecule has 0 radical (unpaired) electrons. The van der Waals surface area contributed by atoms with E-state index in [2.05, 4.69) is 43.1 Å². The normalized spacial score (nSPS) is 24.0. The Labute approximate surface area is 219 Å². The Morgan fingerprint density at radius 1 is 1.17 bits per heavy atom. The number of piperidine rings is 1. The molecule has 36 heavy (non-hydrogen) atoms. The van der Waals surface area contributed by atoms with Gasteiger partial charge in [0.1, 0.15) is 10.6 Å². The van der Waals surface area contributed by atoms with E-state index in [-0.39, 0.29) is 28.3 Å². The number of methoxy groups -OCH3 is 1. The second-order valence-corrected chi connectivity index (χ2v) is 13.5. The molecule has 3 heterocycles. The molecule has 0 aliphatic carbocycles. The van der Waals surface area contributed by atoms with Crippen LogP contribution in [0.5, 0.6) is 5.75 Å². The fourth-order valence-corrected chi connectivity index (χ4v) is 8.15. The molecule has 10 heteroatoms. The molecule has 8 nitrogen and oxygen atoms in total. The minimum atomic E-state index is -3.79. The summed E-state index contributed by atoms with van der Waals surface area (Å²) in [5.41, 5.74) is 1.56. The number of benzene rings is 1. The van der Waals surface area contributed by atoms with Crippen LogP contribution in [0.15, 0.2) is 23.1 Å². The van der Waals surface area contributed by atoms with Crippen LogP contribution < -0.4 is 20.1 Å². The third-order valence-corrected chi connectivity index (χ3v) is 10.2. The van der Waals surface area contributed by atoms with Crippen LogP contribution in [0, 0.1) is 24.7 Å². The van der Waals surface area contributed by atoms with Crippen LogP contribution in [-0.4, -0.2) is 58.4 Å². The van der Waals surface area contributed by atoms with Gasteiger partial charge in [-0.25, -0.2) is 18.1 Å². The van der Waals surface area contributed by atoms with E-state index in [1.807, 2.05) is 13.0 Å². The van der Waals surface area contributed by atoms with Crippen molar-refractivity contribution in [1.29, 1.82) is 0 Å². The van der Waals surface area contributed by atoms with Gasteiger partial charge in [0.05, 0.1) is 17.7 Å². The molecule has 2 aliphatic rings. The summed E-state index contributed by atoms with van der Waals surface area (Å²) in [6.45, 7) is 13.7. The van der Waals surface area contributed by atoms with E-state index in [0.717, 1.165) is 60.4 Å². The standard InChI is InChI=1S/C26H40N4O4S2/c1-16-14-27-15-17(2)23(16)30-36(31,32)22-13-19(7-8-21(22)33-6)24-18(3)28-25(35-24)29-26(4,5)20-9-11-34-12-10-20/h7-8,13,16-17,20,23,27,30H,9-12,14-15H2,1-6H3,(H,28,29). The Morgan fingerprint density at radius 3 is 2.47 bits per heavy atom. The van der Waals surface area contributed by atoms with Crippen LogP contribution in [0.25, 0.3) is 10.4 Å². The van der Waals surface area contributed by atoms with Gasteiger partial charge in [0.2, 0.25) is 10.0 Å². The number of sulfonamides is 1. The minimum Gasteiger partial charge on any atom is -0.495 e. The molecule has 4 rings (SSSR count). The van der Waals surface area contributed by atoms with Crippen LogP contribution in [0.1, 0.15) is 46.2 Å². The second-order valence-electron chi connectivity index (χ2n) is 10.8. The monoisotopic (exact) mass is 536 g/mol. The van der Waals surface area contributed by atoms with Crippen molar-refractivity contribution in [2.45, 2.75) is 63.9 Å². The number of hydrogen-bond acceptors (Lipinski definition) is 8. The Bertz CT molecular complexity index is 1150. The van der Waals surface area contributed by atoms with Crippen molar-refractivity contribution < 1.29 is 17.9 Å². The highest BCUT2D eigenvalue weighted by atomic mass is 32.2. The fourth-order valence-electron chi connectivity index (χ4n) is 5.37. The van der Waals surface area contributed by atoms with Crippen LogP contribution >= 0.6 is 11.3 Å². The molecule has 2 aromatic rings. The minimum absolute atomic E-state index is 0.119. The Hall–Kier alpha value is -1.72.